The van der Waals surface area contributed by atoms with Crippen LogP contribution in [0.1, 0.15) is 86.5 Å². The maximum atomic E-state index is 12.9. The van der Waals surface area contributed by atoms with Crippen molar-refractivity contribution in [2.45, 2.75) is 92.0 Å². The van der Waals surface area contributed by atoms with Gasteiger partial charge in [0.1, 0.15) is 0 Å². The summed E-state index contributed by atoms with van der Waals surface area (Å²) in [5.74, 6) is -0.373. The number of amides is 2. The number of hydrogen-bond acceptors (Lipinski definition) is 2. The monoisotopic (exact) mass is 338 g/mol. The number of primary amides is 1. The SMILES string of the molecule is CC(C)(C)CC(C(=O)NC(C)(C)C)[C@H](CCC1CCCC1)C(N)=O. The number of rotatable bonds is 7. The van der Waals surface area contributed by atoms with E-state index in [0.29, 0.717) is 12.3 Å². The average molecular weight is 339 g/mol. The molecule has 4 heteroatoms. The van der Waals surface area contributed by atoms with E-state index >= 15 is 0 Å². The highest BCUT2D eigenvalue weighted by Gasteiger charge is 2.36. The smallest absolute Gasteiger partial charge is 0.224 e. The first-order valence-corrected chi connectivity index (χ1v) is 9.50. The van der Waals surface area contributed by atoms with Crippen LogP contribution in [0.3, 0.4) is 0 Å². The van der Waals surface area contributed by atoms with Gasteiger partial charge in [-0.1, -0.05) is 46.5 Å². The molecule has 0 aromatic carbocycles. The van der Waals surface area contributed by atoms with Gasteiger partial charge in [-0.2, -0.15) is 0 Å². The minimum absolute atomic E-state index is 0.0268. The van der Waals surface area contributed by atoms with Crippen molar-refractivity contribution in [2.24, 2.45) is 28.9 Å². The van der Waals surface area contributed by atoms with Crippen molar-refractivity contribution in [1.82, 2.24) is 5.32 Å². The topological polar surface area (TPSA) is 72.2 Å². The predicted molar refractivity (Wildman–Crippen MR) is 99.3 cm³/mol. The minimum atomic E-state index is -0.368. The number of nitrogens with one attached hydrogen (secondary N) is 1. The molecule has 24 heavy (non-hydrogen) atoms. The van der Waals surface area contributed by atoms with Crippen molar-refractivity contribution in [3.63, 3.8) is 0 Å². The molecule has 0 heterocycles. The Labute approximate surface area is 148 Å². The Hall–Kier alpha value is -1.06. The molecule has 140 valence electrons. The molecule has 0 bridgehead atoms. The molecule has 1 fully saturated rings. The van der Waals surface area contributed by atoms with E-state index in [4.69, 9.17) is 5.73 Å². The summed E-state index contributed by atoms with van der Waals surface area (Å²) in [5, 5.41) is 3.06. The summed E-state index contributed by atoms with van der Waals surface area (Å²) in [7, 11) is 0. The molecular weight excluding hydrogens is 300 g/mol. The van der Waals surface area contributed by atoms with Crippen LogP contribution in [0.15, 0.2) is 0 Å². The molecule has 3 N–H and O–H groups in total. The quantitative estimate of drug-likeness (QED) is 0.735. The summed E-state index contributed by atoms with van der Waals surface area (Å²) >= 11 is 0. The van der Waals surface area contributed by atoms with Gasteiger partial charge in [0.25, 0.3) is 0 Å². The van der Waals surface area contributed by atoms with E-state index in [-0.39, 0.29) is 34.6 Å². The van der Waals surface area contributed by atoms with Gasteiger partial charge in [0, 0.05) is 17.4 Å². The summed E-state index contributed by atoms with van der Waals surface area (Å²) in [6, 6.07) is 0. The average Bonchev–Trinajstić information content (AvgIpc) is 2.86. The van der Waals surface area contributed by atoms with E-state index in [9.17, 15) is 9.59 Å². The Bertz CT molecular complexity index is 426. The van der Waals surface area contributed by atoms with Crippen LogP contribution in [0.25, 0.3) is 0 Å². The zero-order chi connectivity index (χ0) is 18.5. The summed E-state index contributed by atoms with van der Waals surface area (Å²) < 4.78 is 0. The standard InChI is InChI=1S/C20H38N2O2/c1-19(2,3)13-16(18(24)22-20(4,5)6)15(17(21)23)12-11-14-9-7-8-10-14/h14-16H,7-13H2,1-6H3,(H2,21,23)(H,22,24)/t15-,16?/m0/s1. The molecule has 0 saturated heterocycles. The second-order valence-corrected chi connectivity index (χ2v) is 9.85. The third-order valence-electron chi connectivity index (χ3n) is 4.88. The Morgan fingerprint density at radius 1 is 1.04 bits per heavy atom. The lowest BCUT2D eigenvalue weighted by atomic mass is 9.75. The first-order chi connectivity index (χ1) is 10.9. The molecule has 1 rings (SSSR count). The van der Waals surface area contributed by atoms with Gasteiger partial charge in [-0.05, 0) is 51.4 Å². The first kappa shape index (κ1) is 21.0. The molecule has 0 aromatic heterocycles. The molecule has 0 aliphatic heterocycles. The zero-order valence-electron chi connectivity index (χ0n) is 16.6. The zero-order valence-corrected chi connectivity index (χ0v) is 16.6. The van der Waals surface area contributed by atoms with E-state index in [1.54, 1.807) is 0 Å². The molecule has 2 amide bonds. The van der Waals surface area contributed by atoms with Gasteiger partial charge in [0.2, 0.25) is 11.8 Å². The van der Waals surface area contributed by atoms with Crippen molar-refractivity contribution in [3.05, 3.63) is 0 Å². The van der Waals surface area contributed by atoms with Gasteiger partial charge in [-0.25, -0.2) is 0 Å². The molecular formula is C20H38N2O2. The first-order valence-electron chi connectivity index (χ1n) is 9.50. The van der Waals surface area contributed by atoms with Crippen LogP contribution in [0.2, 0.25) is 0 Å². The van der Waals surface area contributed by atoms with Crippen molar-refractivity contribution in [2.75, 3.05) is 0 Å². The highest BCUT2D eigenvalue weighted by atomic mass is 16.2. The van der Waals surface area contributed by atoms with E-state index in [1.165, 1.54) is 25.7 Å². The largest absolute Gasteiger partial charge is 0.369 e. The summed E-state index contributed by atoms with van der Waals surface area (Å²) in [4.78, 5) is 25.0. The van der Waals surface area contributed by atoms with Gasteiger partial charge in [0.05, 0.1) is 0 Å². The van der Waals surface area contributed by atoms with Crippen molar-refractivity contribution < 1.29 is 9.59 Å². The Morgan fingerprint density at radius 3 is 2.00 bits per heavy atom. The van der Waals surface area contributed by atoms with Gasteiger partial charge in [-0.3, -0.25) is 9.59 Å². The van der Waals surface area contributed by atoms with Crippen LogP contribution in [0.5, 0.6) is 0 Å². The third kappa shape index (κ3) is 7.67. The van der Waals surface area contributed by atoms with Crippen LogP contribution in [-0.2, 0) is 9.59 Å². The lowest BCUT2D eigenvalue weighted by molar-refractivity contribution is -0.135. The molecule has 1 unspecified atom stereocenters. The fraction of sp³-hybridized carbons (Fsp3) is 0.900. The van der Waals surface area contributed by atoms with Gasteiger partial charge in [0.15, 0.2) is 0 Å². The molecule has 0 radical (unpaired) electrons. The Morgan fingerprint density at radius 2 is 1.58 bits per heavy atom. The molecule has 1 saturated carbocycles. The minimum Gasteiger partial charge on any atom is -0.369 e. The number of nitrogens with two attached hydrogens (primary N) is 1. The molecule has 2 atom stereocenters. The second-order valence-electron chi connectivity index (χ2n) is 9.85. The number of hydrogen-bond donors (Lipinski definition) is 2. The Kier molecular flexibility index (Phi) is 7.30. The third-order valence-corrected chi connectivity index (χ3v) is 4.88. The highest BCUT2D eigenvalue weighted by molar-refractivity contribution is 5.87. The van der Waals surface area contributed by atoms with Crippen molar-refractivity contribution >= 4 is 11.8 Å². The highest BCUT2D eigenvalue weighted by Crippen LogP contribution is 2.35. The maximum Gasteiger partial charge on any atom is 0.224 e. The summed E-state index contributed by atoms with van der Waals surface area (Å²) in [6.07, 6.45) is 7.51. The number of carbonyl (C=O) groups excluding carboxylic acids is 2. The van der Waals surface area contributed by atoms with E-state index in [0.717, 1.165) is 12.8 Å². The predicted octanol–water partition coefficient (Wildman–Crippen LogP) is 4.03. The van der Waals surface area contributed by atoms with Crippen LogP contribution in [0, 0.1) is 23.2 Å². The normalized spacial score (nSPS) is 19.1. The van der Waals surface area contributed by atoms with E-state index in [2.05, 4.69) is 26.1 Å². The van der Waals surface area contributed by atoms with Crippen LogP contribution < -0.4 is 11.1 Å². The fourth-order valence-electron chi connectivity index (χ4n) is 3.80. The molecule has 4 nitrogen and oxygen atoms in total. The molecule has 1 aliphatic rings. The van der Waals surface area contributed by atoms with Crippen molar-refractivity contribution in [1.29, 1.82) is 0 Å². The van der Waals surface area contributed by atoms with E-state index < -0.39 is 0 Å². The molecule has 0 aromatic rings. The van der Waals surface area contributed by atoms with Gasteiger partial charge >= 0.3 is 0 Å². The van der Waals surface area contributed by atoms with E-state index in [1.807, 2.05) is 20.8 Å². The molecule has 1 aliphatic carbocycles. The van der Waals surface area contributed by atoms with Crippen molar-refractivity contribution in [3.8, 4) is 0 Å². The van der Waals surface area contributed by atoms with Crippen LogP contribution in [0.4, 0.5) is 0 Å². The van der Waals surface area contributed by atoms with Crippen LogP contribution in [-0.4, -0.2) is 17.4 Å². The second kappa shape index (κ2) is 8.35. The lowest BCUT2D eigenvalue weighted by Gasteiger charge is -2.33. The summed E-state index contributed by atoms with van der Waals surface area (Å²) in [5.41, 5.74) is 5.39. The maximum absolute atomic E-state index is 12.9. The molecule has 0 spiro atoms. The summed E-state index contributed by atoms with van der Waals surface area (Å²) in [6.45, 7) is 12.2. The van der Waals surface area contributed by atoms with Gasteiger partial charge < -0.3 is 11.1 Å². The number of carbonyl (C=O) groups is 2. The van der Waals surface area contributed by atoms with Crippen LogP contribution >= 0.6 is 0 Å². The Balaban J connectivity index is 2.88. The lowest BCUT2D eigenvalue weighted by Crippen LogP contribution is -2.48. The van der Waals surface area contributed by atoms with Gasteiger partial charge in [-0.15, -0.1) is 0 Å². The fourth-order valence-corrected chi connectivity index (χ4v) is 3.80.